The molecule has 1 atom stereocenters. The van der Waals surface area contributed by atoms with E-state index in [4.69, 9.17) is 9.84 Å². The fraction of sp³-hybridized carbons (Fsp3) is 0.680. The zero-order chi connectivity index (χ0) is 21.2. The Morgan fingerprint density at radius 3 is 2.13 bits per heavy atom. The van der Waals surface area contributed by atoms with Gasteiger partial charge < -0.3 is 0 Å². The molecular formula is C25H41N3OSn. The van der Waals surface area contributed by atoms with Gasteiger partial charge in [-0.05, 0) is 0 Å². The Morgan fingerprint density at radius 1 is 0.967 bits per heavy atom. The van der Waals surface area contributed by atoms with Gasteiger partial charge in [-0.15, -0.1) is 0 Å². The minimum absolute atomic E-state index is 0.130. The van der Waals surface area contributed by atoms with Crippen LogP contribution < -0.4 is 3.71 Å². The van der Waals surface area contributed by atoms with Crippen molar-refractivity contribution in [2.24, 2.45) is 0 Å². The molecule has 3 rings (SSSR count). The third kappa shape index (κ3) is 5.67. The Kier molecular flexibility index (Phi) is 9.69. The zero-order valence-corrected chi connectivity index (χ0v) is 22.3. The van der Waals surface area contributed by atoms with Crippen molar-refractivity contribution < 1.29 is 4.74 Å². The number of rotatable bonds is 12. The van der Waals surface area contributed by atoms with Crippen molar-refractivity contribution in [1.82, 2.24) is 14.8 Å². The molecule has 1 fully saturated rings. The van der Waals surface area contributed by atoms with Gasteiger partial charge in [0.2, 0.25) is 0 Å². The van der Waals surface area contributed by atoms with Crippen molar-refractivity contribution in [3.8, 4) is 11.1 Å². The van der Waals surface area contributed by atoms with Gasteiger partial charge in [0.15, 0.2) is 0 Å². The molecule has 0 spiro atoms. The average Bonchev–Trinajstić information content (AvgIpc) is 3.26. The van der Waals surface area contributed by atoms with Gasteiger partial charge in [0.05, 0.1) is 0 Å². The summed E-state index contributed by atoms with van der Waals surface area (Å²) in [5, 5.41) is 5.03. The van der Waals surface area contributed by atoms with Gasteiger partial charge >= 0.3 is 188 Å². The van der Waals surface area contributed by atoms with Gasteiger partial charge in [-0.3, -0.25) is 0 Å². The monoisotopic (exact) mass is 519 g/mol. The second-order valence-electron chi connectivity index (χ2n) is 9.00. The number of pyridine rings is 1. The maximum atomic E-state index is 6.28. The molecule has 1 aliphatic heterocycles. The van der Waals surface area contributed by atoms with Crippen LogP contribution in [-0.2, 0) is 4.74 Å². The summed E-state index contributed by atoms with van der Waals surface area (Å²) in [7, 11) is 0. The molecule has 0 N–H and O–H groups in total. The van der Waals surface area contributed by atoms with E-state index >= 15 is 0 Å². The van der Waals surface area contributed by atoms with Crippen LogP contribution in [0.15, 0.2) is 30.7 Å². The third-order valence-corrected chi connectivity index (χ3v) is 22.3. The van der Waals surface area contributed by atoms with Crippen LogP contribution in [0.1, 0.15) is 84.8 Å². The fourth-order valence-corrected chi connectivity index (χ4v) is 22.2. The van der Waals surface area contributed by atoms with E-state index < -0.39 is 18.4 Å². The van der Waals surface area contributed by atoms with E-state index in [0.717, 1.165) is 13.0 Å². The number of ether oxygens (including phenoxy) is 1. The third-order valence-electron chi connectivity index (χ3n) is 6.74. The molecule has 4 nitrogen and oxygen atoms in total. The molecule has 0 aromatic carbocycles. The molecule has 2 aromatic rings. The summed E-state index contributed by atoms with van der Waals surface area (Å²) >= 11 is -2.71. The summed E-state index contributed by atoms with van der Waals surface area (Å²) in [4.78, 5) is 4.27. The van der Waals surface area contributed by atoms with Crippen molar-refractivity contribution in [3.05, 3.63) is 30.7 Å². The molecule has 30 heavy (non-hydrogen) atoms. The predicted octanol–water partition coefficient (Wildman–Crippen LogP) is 6.70. The Labute approximate surface area is 187 Å². The second kappa shape index (κ2) is 12.2. The summed E-state index contributed by atoms with van der Waals surface area (Å²) in [5.41, 5.74) is 2.67. The first-order chi connectivity index (χ1) is 14.8. The van der Waals surface area contributed by atoms with Crippen LogP contribution in [-0.4, -0.2) is 39.7 Å². The van der Waals surface area contributed by atoms with Crippen molar-refractivity contribution in [2.75, 3.05) is 6.61 Å². The van der Waals surface area contributed by atoms with Crippen molar-refractivity contribution in [2.45, 2.75) is 98.1 Å². The molecule has 0 amide bonds. The summed E-state index contributed by atoms with van der Waals surface area (Å²) in [6.45, 7) is 7.92. The Hall–Kier alpha value is -0.881. The van der Waals surface area contributed by atoms with Crippen LogP contribution in [0, 0.1) is 0 Å². The molecule has 1 aliphatic rings. The van der Waals surface area contributed by atoms with Crippen LogP contribution in [0.3, 0.4) is 0 Å². The second-order valence-corrected chi connectivity index (χ2v) is 21.9. The van der Waals surface area contributed by atoms with Crippen LogP contribution in [0.5, 0.6) is 0 Å². The number of nitrogens with zero attached hydrogens (tertiary/aromatic N) is 3. The SMILES string of the molecule is CCC[CH2][Sn]([CH2]CCC)([CH2]CCC)[c]1c(-c2ccncc2)cnn1C1CCCCO1. The summed E-state index contributed by atoms with van der Waals surface area (Å²) in [6.07, 6.45) is 17.6. The summed E-state index contributed by atoms with van der Waals surface area (Å²) in [6, 6.07) is 4.34. The molecule has 2 aromatic heterocycles. The molecule has 3 heterocycles. The van der Waals surface area contributed by atoms with Gasteiger partial charge in [0.25, 0.3) is 0 Å². The van der Waals surface area contributed by atoms with E-state index in [9.17, 15) is 0 Å². The first kappa shape index (κ1) is 23.8. The Morgan fingerprint density at radius 2 is 1.60 bits per heavy atom. The molecule has 0 bridgehead atoms. The number of hydrogen-bond acceptors (Lipinski definition) is 3. The molecule has 0 radical (unpaired) electrons. The Balaban J connectivity index is 2.15. The summed E-state index contributed by atoms with van der Waals surface area (Å²) in [5.74, 6) is 0. The first-order valence-corrected chi connectivity index (χ1v) is 19.8. The van der Waals surface area contributed by atoms with E-state index in [1.807, 2.05) is 12.4 Å². The number of hydrogen-bond donors (Lipinski definition) is 0. The molecule has 0 aliphatic carbocycles. The number of unbranched alkanes of at least 4 members (excludes halogenated alkanes) is 3. The maximum absolute atomic E-state index is 6.28. The van der Waals surface area contributed by atoms with Gasteiger partial charge in [-0.2, -0.15) is 0 Å². The van der Waals surface area contributed by atoms with E-state index in [0.29, 0.717) is 0 Å². The van der Waals surface area contributed by atoms with Gasteiger partial charge in [-0.1, -0.05) is 0 Å². The van der Waals surface area contributed by atoms with Crippen molar-refractivity contribution in [1.29, 1.82) is 0 Å². The zero-order valence-electron chi connectivity index (χ0n) is 19.4. The quantitative estimate of drug-likeness (QED) is 0.294. The average molecular weight is 518 g/mol. The van der Waals surface area contributed by atoms with E-state index in [1.54, 1.807) is 3.71 Å². The van der Waals surface area contributed by atoms with Crippen LogP contribution in [0.25, 0.3) is 11.1 Å². The molecular weight excluding hydrogens is 477 g/mol. The van der Waals surface area contributed by atoms with Crippen LogP contribution in [0.4, 0.5) is 0 Å². The fourth-order valence-electron chi connectivity index (χ4n) is 5.04. The first-order valence-electron chi connectivity index (χ1n) is 12.4. The minimum atomic E-state index is -2.71. The van der Waals surface area contributed by atoms with Gasteiger partial charge in [-0.25, -0.2) is 0 Å². The standard InChI is InChI=1S/C13H14N3O.3C4H9.Sn/c1-2-8-17-13(3-1)16-10-12(9-15-16)11-4-6-14-7-5-11;3*1-3-4-2;/h4-7,9,13H,1-3,8H2;3*1,3-4H2,2H3;. The van der Waals surface area contributed by atoms with Crippen LogP contribution in [0.2, 0.25) is 13.3 Å². The van der Waals surface area contributed by atoms with Gasteiger partial charge in [0, 0.05) is 0 Å². The van der Waals surface area contributed by atoms with Crippen LogP contribution >= 0.6 is 0 Å². The van der Waals surface area contributed by atoms with Crippen molar-refractivity contribution >= 4 is 22.1 Å². The van der Waals surface area contributed by atoms with E-state index in [2.05, 4.69) is 48.8 Å². The molecule has 1 unspecified atom stereocenters. The van der Waals surface area contributed by atoms with Crippen molar-refractivity contribution in [3.63, 3.8) is 0 Å². The molecule has 166 valence electrons. The van der Waals surface area contributed by atoms with Gasteiger partial charge in [0.1, 0.15) is 0 Å². The molecule has 0 saturated carbocycles. The molecule has 5 heteroatoms. The normalized spacial score (nSPS) is 17.4. The van der Waals surface area contributed by atoms with E-state index in [-0.39, 0.29) is 6.23 Å². The topological polar surface area (TPSA) is 39.9 Å². The molecule has 1 saturated heterocycles. The summed E-state index contributed by atoms with van der Waals surface area (Å²) < 4.78 is 14.6. The Bertz CT molecular complexity index is 718. The van der Waals surface area contributed by atoms with E-state index in [1.165, 1.54) is 75.8 Å². The predicted molar refractivity (Wildman–Crippen MR) is 129 cm³/mol. The number of aromatic nitrogens is 3.